The summed E-state index contributed by atoms with van der Waals surface area (Å²) in [5.74, 6) is 1.16. The Bertz CT molecular complexity index is 883. The maximum absolute atomic E-state index is 12.8. The monoisotopic (exact) mass is 363 g/mol. The van der Waals surface area contributed by atoms with E-state index >= 15 is 0 Å². The Morgan fingerprint density at radius 3 is 2.22 bits per heavy atom. The number of nitrogens with zero attached hydrogens (tertiary/aromatic N) is 3. The van der Waals surface area contributed by atoms with Gasteiger partial charge in [0.15, 0.2) is 0 Å². The van der Waals surface area contributed by atoms with Crippen LogP contribution in [-0.4, -0.2) is 34.0 Å². The number of rotatable bonds is 7. The zero-order valence-corrected chi connectivity index (χ0v) is 16.1. The van der Waals surface area contributed by atoms with E-state index in [9.17, 15) is 4.79 Å². The van der Waals surface area contributed by atoms with Crippen LogP contribution in [0.15, 0.2) is 53.1 Å². The van der Waals surface area contributed by atoms with Gasteiger partial charge in [-0.15, -0.1) is 0 Å². The van der Waals surface area contributed by atoms with Crippen LogP contribution in [0.3, 0.4) is 0 Å². The first kappa shape index (κ1) is 18.8. The van der Waals surface area contributed by atoms with Crippen LogP contribution in [0.2, 0.25) is 0 Å². The van der Waals surface area contributed by atoms with Gasteiger partial charge in [0.2, 0.25) is 11.7 Å². The largest absolute Gasteiger partial charge is 0.339 e. The van der Waals surface area contributed by atoms with Crippen molar-refractivity contribution in [2.45, 2.75) is 33.6 Å². The standard InChI is InChI=1S/C22H25N3O2/c1-4-14-25(22(26)19-11-7-17(3)8-12-19)15-13-20-23-21(24-27-20)18-9-5-16(2)6-10-18/h5-12H,4,13-15H2,1-3H3. The molecule has 0 N–H and O–H groups in total. The van der Waals surface area contributed by atoms with E-state index in [0.717, 1.165) is 17.5 Å². The Morgan fingerprint density at radius 2 is 1.59 bits per heavy atom. The van der Waals surface area contributed by atoms with E-state index < -0.39 is 0 Å². The molecular weight excluding hydrogens is 338 g/mol. The van der Waals surface area contributed by atoms with E-state index in [1.807, 2.05) is 67.3 Å². The van der Waals surface area contributed by atoms with Crippen LogP contribution in [0.1, 0.15) is 40.7 Å². The first-order chi connectivity index (χ1) is 13.1. The minimum atomic E-state index is 0.0372. The normalized spacial score (nSPS) is 10.8. The van der Waals surface area contributed by atoms with Gasteiger partial charge in [0.1, 0.15) is 0 Å². The molecule has 3 rings (SSSR count). The smallest absolute Gasteiger partial charge is 0.253 e. The van der Waals surface area contributed by atoms with Gasteiger partial charge in [0.25, 0.3) is 5.91 Å². The molecular formula is C22H25N3O2. The molecule has 5 nitrogen and oxygen atoms in total. The Hall–Kier alpha value is -2.95. The van der Waals surface area contributed by atoms with Crippen LogP contribution < -0.4 is 0 Å². The second kappa shape index (κ2) is 8.62. The molecule has 5 heteroatoms. The summed E-state index contributed by atoms with van der Waals surface area (Å²) in [7, 11) is 0. The topological polar surface area (TPSA) is 59.2 Å². The van der Waals surface area contributed by atoms with E-state index in [2.05, 4.69) is 17.1 Å². The molecule has 2 aromatic carbocycles. The summed E-state index contributed by atoms with van der Waals surface area (Å²) in [5, 5.41) is 4.06. The van der Waals surface area contributed by atoms with Crippen molar-refractivity contribution in [3.05, 3.63) is 71.1 Å². The van der Waals surface area contributed by atoms with E-state index in [-0.39, 0.29) is 5.91 Å². The fourth-order valence-corrected chi connectivity index (χ4v) is 2.87. The highest BCUT2D eigenvalue weighted by Gasteiger charge is 2.17. The number of benzene rings is 2. The van der Waals surface area contributed by atoms with Crippen molar-refractivity contribution >= 4 is 5.91 Å². The molecule has 0 bridgehead atoms. The summed E-state index contributed by atoms with van der Waals surface area (Å²) in [5.41, 5.74) is 3.96. The molecule has 3 aromatic rings. The molecule has 0 saturated heterocycles. The van der Waals surface area contributed by atoms with Gasteiger partial charge in [-0.25, -0.2) is 0 Å². The lowest BCUT2D eigenvalue weighted by atomic mass is 10.1. The van der Waals surface area contributed by atoms with Crippen LogP contribution >= 0.6 is 0 Å². The number of carbonyl (C=O) groups is 1. The molecule has 0 atom stereocenters. The van der Waals surface area contributed by atoms with Gasteiger partial charge in [-0.05, 0) is 32.4 Å². The first-order valence-corrected chi connectivity index (χ1v) is 9.32. The average molecular weight is 363 g/mol. The third-order valence-electron chi connectivity index (χ3n) is 4.45. The van der Waals surface area contributed by atoms with Crippen LogP contribution in [0, 0.1) is 13.8 Å². The second-order valence-electron chi connectivity index (χ2n) is 6.79. The average Bonchev–Trinajstić information content (AvgIpc) is 3.15. The van der Waals surface area contributed by atoms with Crippen molar-refractivity contribution < 1.29 is 9.32 Å². The van der Waals surface area contributed by atoms with E-state index in [1.54, 1.807) is 0 Å². The first-order valence-electron chi connectivity index (χ1n) is 9.32. The van der Waals surface area contributed by atoms with Gasteiger partial charge in [0, 0.05) is 30.6 Å². The molecule has 0 aliphatic heterocycles. The Morgan fingerprint density at radius 1 is 0.963 bits per heavy atom. The minimum Gasteiger partial charge on any atom is -0.339 e. The van der Waals surface area contributed by atoms with Crippen LogP contribution in [-0.2, 0) is 6.42 Å². The fraction of sp³-hybridized carbons (Fsp3) is 0.318. The summed E-state index contributed by atoms with van der Waals surface area (Å²) in [6.07, 6.45) is 1.44. The van der Waals surface area contributed by atoms with Gasteiger partial charge >= 0.3 is 0 Å². The SMILES string of the molecule is CCCN(CCc1nc(-c2ccc(C)cc2)no1)C(=O)c1ccc(C)cc1. The third kappa shape index (κ3) is 4.82. The van der Waals surface area contributed by atoms with Crippen molar-refractivity contribution in [1.82, 2.24) is 15.0 Å². The Balaban J connectivity index is 1.66. The second-order valence-corrected chi connectivity index (χ2v) is 6.79. The minimum absolute atomic E-state index is 0.0372. The van der Waals surface area contributed by atoms with Crippen molar-refractivity contribution in [3.8, 4) is 11.4 Å². The summed E-state index contributed by atoms with van der Waals surface area (Å²) in [6, 6.07) is 15.7. The third-order valence-corrected chi connectivity index (χ3v) is 4.45. The molecule has 0 aliphatic carbocycles. The summed E-state index contributed by atoms with van der Waals surface area (Å²) >= 11 is 0. The number of aromatic nitrogens is 2. The molecule has 0 unspecified atom stereocenters. The number of aryl methyl sites for hydroxylation is 2. The molecule has 1 heterocycles. The highest BCUT2D eigenvalue weighted by Crippen LogP contribution is 2.17. The molecule has 140 valence electrons. The zero-order chi connectivity index (χ0) is 19.2. The van der Waals surface area contributed by atoms with Crippen molar-refractivity contribution in [2.75, 3.05) is 13.1 Å². The molecule has 0 radical (unpaired) electrons. The molecule has 0 saturated carbocycles. The van der Waals surface area contributed by atoms with Gasteiger partial charge < -0.3 is 9.42 Å². The summed E-state index contributed by atoms with van der Waals surface area (Å²) in [6.45, 7) is 7.37. The van der Waals surface area contributed by atoms with Gasteiger partial charge in [-0.2, -0.15) is 4.98 Å². The van der Waals surface area contributed by atoms with Crippen molar-refractivity contribution in [3.63, 3.8) is 0 Å². The predicted octanol–water partition coefficient (Wildman–Crippen LogP) is 4.45. The molecule has 0 spiro atoms. The highest BCUT2D eigenvalue weighted by atomic mass is 16.5. The quantitative estimate of drug-likeness (QED) is 0.622. The van der Waals surface area contributed by atoms with E-state index in [0.29, 0.717) is 36.8 Å². The molecule has 0 aliphatic rings. The highest BCUT2D eigenvalue weighted by molar-refractivity contribution is 5.94. The maximum atomic E-state index is 12.8. The predicted molar refractivity (Wildman–Crippen MR) is 106 cm³/mol. The van der Waals surface area contributed by atoms with Crippen LogP contribution in [0.4, 0.5) is 0 Å². The number of hydrogen-bond acceptors (Lipinski definition) is 4. The lowest BCUT2D eigenvalue weighted by molar-refractivity contribution is 0.0754. The van der Waals surface area contributed by atoms with Gasteiger partial charge in [-0.3, -0.25) is 4.79 Å². The Labute approximate surface area is 160 Å². The molecule has 1 amide bonds. The summed E-state index contributed by atoms with van der Waals surface area (Å²) < 4.78 is 5.38. The molecule has 27 heavy (non-hydrogen) atoms. The lowest BCUT2D eigenvalue weighted by Gasteiger charge is -2.21. The van der Waals surface area contributed by atoms with Gasteiger partial charge in [-0.1, -0.05) is 59.6 Å². The van der Waals surface area contributed by atoms with Crippen molar-refractivity contribution in [1.29, 1.82) is 0 Å². The maximum Gasteiger partial charge on any atom is 0.253 e. The van der Waals surface area contributed by atoms with Crippen LogP contribution in [0.5, 0.6) is 0 Å². The number of carbonyl (C=O) groups excluding carboxylic acids is 1. The van der Waals surface area contributed by atoms with Gasteiger partial charge in [0.05, 0.1) is 0 Å². The molecule has 1 aromatic heterocycles. The van der Waals surface area contributed by atoms with Crippen molar-refractivity contribution in [2.24, 2.45) is 0 Å². The summed E-state index contributed by atoms with van der Waals surface area (Å²) in [4.78, 5) is 19.1. The van der Waals surface area contributed by atoms with E-state index in [1.165, 1.54) is 5.56 Å². The Kier molecular flexibility index (Phi) is 6.01. The number of hydrogen-bond donors (Lipinski definition) is 0. The van der Waals surface area contributed by atoms with Crippen LogP contribution in [0.25, 0.3) is 11.4 Å². The van der Waals surface area contributed by atoms with E-state index in [4.69, 9.17) is 4.52 Å². The molecule has 0 fully saturated rings. The zero-order valence-electron chi connectivity index (χ0n) is 16.1. The lowest BCUT2D eigenvalue weighted by Crippen LogP contribution is -2.33. The fourth-order valence-electron chi connectivity index (χ4n) is 2.87. The number of amides is 1.